The van der Waals surface area contributed by atoms with Gasteiger partial charge in [-0.1, -0.05) is 0 Å². The average molecular weight is 468 g/mol. The summed E-state index contributed by atoms with van der Waals surface area (Å²) in [6.07, 6.45) is 1.26. The number of nitrogens with zero attached hydrogens (tertiary/aromatic N) is 3. The van der Waals surface area contributed by atoms with Gasteiger partial charge < -0.3 is 24.0 Å². The third-order valence-corrected chi connectivity index (χ3v) is 8.09. The number of amides is 2. The molecule has 0 radical (unpaired) electrons. The van der Waals surface area contributed by atoms with Crippen LogP contribution in [0.3, 0.4) is 0 Å². The Morgan fingerprint density at radius 2 is 1.59 bits per heavy atom. The van der Waals surface area contributed by atoms with E-state index in [0.717, 1.165) is 0 Å². The largest absolute Gasteiger partial charge is 0.486 e. The summed E-state index contributed by atoms with van der Waals surface area (Å²) >= 11 is 0. The van der Waals surface area contributed by atoms with E-state index in [0.29, 0.717) is 70.2 Å². The van der Waals surface area contributed by atoms with Crippen LogP contribution in [0.1, 0.15) is 19.3 Å². The molecule has 0 atom stereocenters. The monoisotopic (exact) mass is 467 g/mol. The fraction of sp³-hybridized carbons (Fsp3) is 0.619. The lowest BCUT2D eigenvalue weighted by molar-refractivity contribution is -0.136. The second kappa shape index (κ2) is 9.53. The van der Waals surface area contributed by atoms with Gasteiger partial charge in [-0.2, -0.15) is 4.31 Å². The number of benzene rings is 1. The number of piperidine rings is 1. The number of rotatable bonds is 3. The Morgan fingerprint density at radius 1 is 0.938 bits per heavy atom. The summed E-state index contributed by atoms with van der Waals surface area (Å²) in [5, 5.41) is 0. The molecule has 176 valence electrons. The van der Waals surface area contributed by atoms with Crippen LogP contribution in [0.15, 0.2) is 23.1 Å². The minimum Gasteiger partial charge on any atom is -0.486 e. The van der Waals surface area contributed by atoms with Crippen molar-refractivity contribution in [3.8, 4) is 11.5 Å². The molecular weight excluding hydrogens is 438 g/mol. The molecular formula is C21H29N3O7S. The quantitative estimate of drug-likeness (QED) is 0.657. The Bertz CT molecular complexity index is 960. The van der Waals surface area contributed by atoms with Crippen LogP contribution < -0.4 is 9.47 Å². The van der Waals surface area contributed by atoms with Crippen molar-refractivity contribution in [2.75, 3.05) is 59.6 Å². The Morgan fingerprint density at radius 3 is 2.31 bits per heavy atom. The molecule has 3 aliphatic heterocycles. The zero-order valence-electron chi connectivity index (χ0n) is 18.2. The molecule has 0 spiro atoms. The number of sulfonamides is 1. The number of hydrogen-bond donors (Lipinski definition) is 0. The first-order valence-corrected chi connectivity index (χ1v) is 12.4. The number of carbonyl (C=O) groups excluding carboxylic acids is 2. The standard InChI is InChI=1S/C21H29N3O7S/c1-29-21(26)23-8-2-7-22(11-12-23)20(25)16-5-9-24(10-6-16)32(27,28)17-3-4-18-19(15-17)31-14-13-30-18/h3-4,15-16H,2,5-14H2,1H3. The Hall–Kier alpha value is -2.53. The first-order chi connectivity index (χ1) is 15.4. The summed E-state index contributed by atoms with van der Waals surface area (Å²) in [6, 6.07) is 4.66. The molecule has 2 fully saturated rings. The second-order valence-corrected chi connectivity index (χ2v) is 10.1. The van der Waals surface area contributed by atoms with Crippen molar-refractivity contribution in [1.82, 2.24) is 14.1 Å². The van der Waals surface area contributed by atoms with Crippen molar-refractivity contribution >= 4 is 22.0 Å². The van der Waals surface area contributed by atoms with Crippen LogP contribution >= 0.6 is 0 Å². The van der Waals surface area contributed by atoms with Crippen LogP contribution in [0.25, 0.3) is 0 Å². The van der Waals surface area contributed by atoms with Gasteiger partial charge in [-0.15, -0.1) is 0 Å². The molecule has 2 saturated heterocycles. The Balaban J connectivity index is 1.35. The van der Waals surface area contributed by atoms with E-state index in [1.54, 1.807) is 15.9 Å². The van der Waals surface area contributed by atoms with Gasteiger partial charge in [-0.3, -0.25) is 4.79 Å². The highest BCUT2D eigenvalue weighted by atomic mass is 32.2. The van der Waals surface area contributed by atoms with Gasteiger partial charge in [-0.05, 0) is 31.4 Å². The van der Waals surface area contributed by atoms with Crippen LogP contribution in [0.4, 0.5) is 4.79 Å². The molecule has 10 nitrogen and oxygen atoms in total. The summed E-state index contributed by atoms with van der Waals surface area (Å²) in [7, 11) is -2.33. The molecule has 0 N–H and O–H groups in total. The van der Waals surface area contributed by atoms with Gasteiger partial charge in [0, 0.05) is 51.3 Å². The minimum absolute atomic E-state index is 0.0353. The van der Waals surface area contributed by atoms with Crippen molar-refractivity contribution in [3.05, 3.63) is 18.2 Å². The van der Waals surface area contributed by atoms with Crippen LogP contribution in [0.2, 0.25) is 0 Å². The number of fused-ring (bicyclic) bond motifs is 1. The molecule has 32 heavy (non-hydrogen) atoms. The molecule has 0 aromatic heterocycles. The Labute approximate surface area is 188 Å². The number of hydrogen-bond acceptors (Lipinski definition) is 7. The first kappa shape index (κ1) is 22.7. The van der Waals surface area contributed by atoms with E-state index in [2.05, 4.69) is 0 Å². The molecule has 4 rings (SSSR count). The molecule has 11 heteroatoms. The fourth-order valence-electron chi connectivity index (χ4n) is 4.38. The van der Waals surface area contributed by atoms with Crippen molar-refractivity contribution in [3.63, 3.8) is 0 Å². The lowest BCUT2D eigenvalue weighted by Crippen LogP contribution is -2.45. The number of ether oxygens (including phenoxy) is 3. The van der Waals surface area contributed by atoms with Crippen LogP contribution in [0, 0.1) is 5.92 Å². The van der Waals surface area contributed by atoms with E-state index in [1.165, 1.54) is 23.5 Å². The van der Waals surface area contributed by atoms with Crippen molar-refractivity contribution in [2.45, 2.75) is 24.2 Å². The SMILES string of the molecule is COC(=O)N1CCCN(C(=O)C2CCN(S(=O)(=O)c3ccc4c(c3)OCCO4)CC2)CC1. The summed E-state index contributed by atoms with van der Waals surface area (Å²) in [5.74, 6) is 0.798. The zero-order chi connectivity index (χ0) is 22.7. The predicted molar refractivity (Wildman–Crippen MR) is 114 cm³/mol. The van der Waals surface area contributed by atoms with Crippen LogP contribution in [0.5, 0.6) is 11.5 Å². The maximum absolute atomic E-state index is 13.1. The van der Waals surface area contributed by atoms with E-state index in [9.17, 15) is 18.0 Å². The molecule has 3 heterocycles. The topological polar surface area (TPSA) is 106 Å². The molecule has 2 amide bonds. The lowest BCUT2D eigenvalue weighted by Gasteiger charge is -2.33. The number of methoxy groups -OCH3 is 1. The van der Waals surface area contributed by atoms with Gasteiger partial charge >= 0.3 is 6.09 Å². The van der Waals surface area contributed by atoms with Crippen LogP contribution in [-0.2, 0) is 19.6 Å². The molecule has 0 aliphatic carbocycles. The Kier molecular flexibility index (Phi) is 6.75. The van der Waals surface area contributed by atoms with Crippen molar-refractivity contribution in [1.29, 1.82) is 0 Å². The van der Waals surface area contributed by atoms with E-state index < -0.39 is 10.0 Å². The zero-order valence-corrected chi connectivity index (χ0v) is 19.0. The van der Waals surface area contributed by atoms with E-state index in [1.807, 2.05) is 0 Å². The number of carbonyl (C=O) groups is 2. The molecule has 1 aromatic rings. The van der Waals surface area contributed by atoms with Gasteiger partial charge in [0.25, 0.3) is 0 Å². The maximum Gasteiger partial charge on any atom is 0.409 e. The van der Waals surface area contributed by atoms with E-state index in [-0.39, 0.29) is 35.9 Å². The third kappa shape index (κ3) is 4.63. The molecule has 0 unspecified atom stereocenters. The molecule has 0 bridgehead atoms. The highest BCUT2D eigenvalue weighted by Gasteiger charge is 2.35. The smallest absolute Gasteiger partial charge is 0.409 e. The van der Waals surface area contributed by atoms with Gasteiger partial charge in [0.15, 0.2) is 11.5 Å². The molecule has 1 aromatic carbocycles. The van der Waals surface area contributed by atoms with Gasteiger partial charge in [0.2, 0.25) is 15.9 Å². The van der Waals surface area contributed by atoms with Crippen LogP contribution in [-0.4, -0.2) is 94.1 Å². The van der Waals surface area contributed by atoms with Crippen molar-refractivity contribution in [2.24, 2.45) is 5.92 Å². The normalized spacial score (nSPS) is 20.5. The van der Waals surface area contributed by atoms with E-state index >= 15 is 0 Å². The average Bonchev–Trinajstić information content (AvgIpc) is 3.09. The predicted octanol–water partition coefficient (Wildman–Crippen LogP) is 1.16. The minimum atomic E-state index is -3.68. The second-order valence-electron chi connectivity index (χ2n) is 8.12. The highest BCUT2D eigenvalue weighted by molar-refractivity contribution is 7.89. The molecule has 0 saturated carbocycles. The summed E-state index contributed by atoms with van der Waals surface area (Å²) < 4.78 is 43.4. The maximum atomic E-state index is 13.1. The summed E-state index contributed by atoms with van der Waals surface area (Å²) in [5.41, 5.74) is 0. The first-order valence-electron chi connectivity index (χ1n) is 10.9. The van der Waals surface area contributed by atoms with Crippen molar-refractivity contribution < 1.29 is 32.2 Å². The third-order valence-electron chi connectivity index (χ3n) is 6.19. The summed E-state index contributed by atoms with van der Waals surface area (Å²) in [4.78, 5) is 28.3. The van der Waals surface area contributed by atoms with Gasteiger partial charge in [-0.25, -0.2) is 13.2 Å². The van der Waals surface area contributed by atoms with Gasteiger partial charge in [0.1, 0.15) is 13.2 Å². The summed E-state index contributed by atoms with van der Waals surface area (Å²) in [6.45, 7) is 3.45. The fourth-order valence-corrected chi connectivity index (χ4v) is 5.87. The van der Waals surface area contributed by atoms with Gasteiger partial charge in [0.05, 0.1) is 12.0 Å². The molecule has 3 aliphatic rings. The van der Waals surface area contributed by atoms with E-state index in [4.69, 9.17) is 14.2 Å². The highest BCUT2D eigenvalue weighted by Crippen LogP contribution is 2.34. The lowest BCUT2D eigenvalue weighted by atomic mass is 9.96.